The van der Waals surface area contributed by atoms with Gasteiger partial charge in [0.15, 0.2) is 0 Å². The molecule has 0 spiro atoms. The molecule has 1 aliphatic rings. The Kier molecular flexibility index (Phi) is 8.32. The third-order valence-electron chi connectivity index (χ3n) is 5.73. The zero-order valence-corrected chi connectivity index (χ0v) is 22.1. The third kappa shape index (κ3) is 6.39. The number of anilines is 1. The number of carbonyl (C=O) groups is 2. The maximum Gasteiger partial charge on any atom is 0.321 e. The number of hydrogen-bond acceptors (Lipinski definition) is 6. The molecule has 0 saturated carbocycles. The lowest BCUT2D eigenvalue weighted by Gasteiger charge is -2.39. The minimum absolute atomic E-state index is 0.00677. The van der Waals surface area contributed by atoms with E-state index in [0.717, 1.165) is 21.2 Å². The Hall–Kier alpha value is -3.19. The van der Waals surface area contributed by atoms with E-state index in [2.05, 4.69) is 10.6 Å². The number of nitrogens with one attached hydrogen (secondary N) is 2. The van der Waals surface area contributed by atoms with E-state index >= 15 is 0 Å². The van der Waals surface area contributed by atoms with Gasteiger partial charge in [0.25, 0.3) is 10.0 Å². The van der Waals surface area contributed by atoms with Gasteiger partial charge in [0.1, 0.15) is 21.8 Å². The van der Waals surface area contributed by atoms with Crippen LogP contribution in [0.2, 0.25) is 4.34 Å². The molecule has 2 N–H and O–H groups in total. The van der Waals surface area contributed by atoms with E-state index in [1.54, 1.807) is 24.3 Å². The molecule has 37 heavy (non-hydrogen) atoms. The molecule has 196 valence electrons. The molecule has 13 heteroatoms. The SMILES string of the molecule is COc1cccc(CNC(=O)C2CN(C(=O)Nc3ccc(F)cc3)CCN2S(=O)(=O)c2ccc(Cl)s2)c1. The van der Waals surface area contributed by atoms with Crippen molar-refractivity contribution in [2.45, 2.75) is 16.8 Å². The number of ether oxygens (including phenoxy) is 1. The molecule has 4 rings (SSSR count). The molecule has 0 aliphatic carbocycles. The van der Waals surface area contributed by atoms with Gasteiger partial charge in [-0.15, -0.1) is 11.3 Å². The average Bonchev–Trinajstić information content (AvgIpc) is 3.35. The van der Waals surface area contributed by atoms with Gasteiger partial charge in [0.05, 0.1) is 11.4 Å². The summed E-state index contributed by atoms with van der Waals surface area (Å²) < 4.78 is 46.6. The number of hydrogen-bond donors (Lipinski definition) is 2. The standard InChI is InChI=1S/C24H24ClFN4O5S2/c1-35-19-4-2-3-16(13-19)14-27-23(31)20-15-29(24(32)28-18-7-5-17(26)6-8-18)11-12-30(20)37(33,34)22-10-9-21(25)36-22/h2-10,13,20H,11-12,14-15H2,1H3,(H,27,31)(H,28,32). The highest BCUT2D eigenvalue weighted by Gasteiger charge is 2.42. The molecule has 0 bridgehead atoms. The van der Waals surface area contributed by atoms with Crippen LogP contribution in [0.3, 0.4) is 0 Å². The minimum atomic E-state index is -4.06. The topological polar surface area (TPSA) is 108 Å². The summed E-state index contributed by atoms with van der Waals surface area (Å²) in [5.74, 6) is -0.390. The van der Waals surface area contributed by atoms with Crippen LogP contribution in [0.4, 0.5) is 14.9 Å². The van der Waals surface area contributed by atoms with Gasteiger partial charge in [-0.3, -0.25) is 4.79 Å². The van der Waals surface area contributed by atoms with Crippen LogP contribution in [0.5, 0.6) is 5.75 Å². The number of urea groups is 1. The summed E-state index contributed by atoms with van der Waals surface area (Å²) in [4.78, 5) is 27.6. The number of thiophene rings is 1. The van der Waals surface area contributed by atoms with Crippen LogP contribution in [-0.2, 0) is 21.4 Å². The fourth-order valence-corrected chi connectivity index (χ4v) is 7.01. The molecule has 2 heterocycles. The van der Waals surface area contributed by atoms with Crippen LogP contribution in [0.15, 0.2) is 64.9 Å². The Morgan fingerprint density at radius 2 is 1.89 bits per heavy atom. The predicted molar refractivity (Wildman–Crippen MR) is 139 cm³/mol. The van der Waals surface area contributed by atoms with Crippen molar-refractivity contribution < 1.29 is 27.1 Å². The second-order valence-electron chi connectivity index (χ2n) is 8.14. The zero-order chi connectivity index (χ0) is 26.6. The van der Waals surface area contributed by atoms with Gasteiger partial charge < -0.3 is 20.3 Å². The highest BCUT2D eigenvalue weighted by Crippen LogP contribution is 2.30. The first-order chi connectivity index (χ1) is 17.7. The number of sulfonamides is 1. The van der Waals surface area contributed by atoms with Crippen LogP contribution < -0.4 is 15.4 Å². The summed E-state index contributed by atoms with van der Waals surface area (Å²) in [5, 5.41) is 5.42. The van der Waals surface area contributed by atoms with Crippen molar-refractivity contribution in [2.75, 3.05) is 32.1 Å². The maximum absolute atomic E-state index is 13.4. The van der Waals surface area contributed by atoms with E-state index in [1.165, 1.54) is 48.4 Å². The predicted octanol–water partition coefficient (Wildman–Crippen LogP) is 3.77. The maximum atomic E-state index is 13.4. The van der Waals surface area contributed by atoms with Crippen molar-refractivity contribution in [3.05, 3.63) is 76.4 Å². The zero-order valence-electron chi connectivity index (χ0n) is 19.7. The molecular formula is C24H24ClFN4O5S2. The Morgan fingerprint density at radius 3 is 2.57 bits per heavy atom. The van der Waals surface area contributed by atoms with Crippen LogP contribution in [-0.4, -0.2) is 62.3 Å². The highest BCUT2D eigenvalue weighted by molar-refractivity contribution is 7.91. The normalized spacial score (nSPS) is 16.3. The second kappa shape index (κ2) is 11.5. The summed E-state index contributed by atoms with van der Waals surface area (Å²) >= 11 is 6.85. The van der Waals surface area contributed by atoms with Crippen molar-refractivity contribution in [3.63, 3.8) is 0 Å². The Balaban J connectivity index is 1.54. The fourth-order valence-electron chi connectivity index (χ4n) is 3.83. The molecule has 2 aromatic carbocycles. The van der Waals surface area contributed by atoms with Gasteiger partial charge in [-0.25, -0.2) is 17.6 Å². The fraction of sp³-hybridized carbons (Fsp3) is 0.250. The first kappa shape index (κ1) is 26.9. The molecule has 1 unspecified atom stereocenters. The lowest BCUT2D eigenvalue weighted by Crippen LogP contribution is -2.61. The Bertz CT molecular complexity index is 1380. The average molecular weight is 567 g/mol. The van der Waals surface area contributed by atoms with Crippen LogP contribution in [0, 0.1) is 5.82 Å². The number of halogens is 2. The van der Waals surface area contributed by atoms with E-state index in [-0.39, 0.29) is 30.4 Å². The molecule has 1 aliphatic heterocycles. The number of methoxy groups -OCH3 is 1. The molecule has 0 radical (unpaired) electrons. The smallest absolute Gasteiger partial charge is 0.321 e. The number of carbonyl (C=O) groups excluding carboxylic acids is 2. The van der Waals surface area contributed by atoms with Crippen molar-refractivity contribution in [1.29, 1.82) is 0 Å². The molecule has 3 aromatic rings. The second-order valence-corrected chi connectivity index (χ2v) is 12.0. The molecule has 1 fully saturated rings. The summed E-state index contributed by atoms with van der Waals surface area (Å²) in [7, 11) is -2.52. The number of benzene rings is 2. The minimum Gasteiger partial charge on any atom is -0.497 e. The molecular weight excluding hydrogens is 543 g/mol. The van der Waals surface area contributed by atoms with Crippen LogP contribution in [0.1, 0.15) is 5.56 Å². The quantitative estimate of drug-likeness (QED) is 0.453. The third-order valence-corrected chi connectivity index (χ3v) is 9.34. The van der Waals surface area contributed by atoms with Crippen LogP contribution in [0.25, 0.3) is 0 Å². The van der Waals surface area contributed by atoms with Gasteiger partial charge in [0, 0.05) is 31.9 Å². The first-order valence-corrected chi connectivity index (χ1v) is 13.8. The number of piperazine rings is 1. The van der Waals surface area contributed by atoms with E-state index in [1.807, 2.05) is 0 Å². The summed E-state index contributed by atoms with van der Waals surface area (Å²) in [5.41, 5.74) is 1.13. The highest BCUT2D eigenvalue weighted by atomic mass is 35.5. The number of nitrogens with zero attached hydrogens (tertiary/aromatic N) is 2. The van der Waals surface area contributed by atoms with Crippen molar-refractivity contribution in [2.24, 2.45) is 0 Å². The molecule has 1 saturated heterocycles. The largest absolute Gasteiger partial charge is 0.497 e. The van der Waals surface area contributed by atoms with E-state index in [0.29, 0.717) is 15.8 Å². The number of amides is 3. The molecule has 1 aromatic heterocycles. The Morgan fingerprint density at radius 1 is 1.14 bits per heavy atom. The van der Waals surface area contributed by atoms with E-state index < -0.39 is 33.8 Å². The molecule has 9 nitrogen and oxygen atoms in total. The van der Waals surface area contributed by atoms with Gasteiger partial charge in [-0.1, -0.05) is 23.7 Å². The van der Waals surface area contributed by atoms with Crippen LogP contribution >= 0.6 is 22.9 Å². The van der Waals surface area contributed by atoms with Crippen molar-refractivity contribution in [3.8, 4) is 5.75 Å². The summed E-state index contributed by atoms with van der Waals surface area (Å²) in [6, 6.07) is 13.5. The number of rotatable bonds is 7. The van der Waals surface area contributed by atoms with E-state index in [4.69, 9.17) is 16.3 Å². The monoisotopic (exact) mass is 566 g/mol. The van der Waals surface area contributed by atoms with E-state index in [9.17, 15) is 22.4 Å². The van der Waals surface area contributed by atoms with Gasteiger partial charge in [-0.2, -0.15) is 4.31 Å². The lowest BCUT2D eigenvalue weighted by atomic mass is 10.1. The Labute approximate surface area is 222 Å². The molecule has 1 atom stereocenters. The summed E-state index contributed by atoms with van der Waals surface area (Å²) in [6.07, 6.45) is 0. The van der Waals surface area contributed by atoms with Gasteiger partial charge in [-0.05, 0) is 54.1 Å². The molecule has 3 amide bonds. The summed E-state index contributed by atoms with van der Waals surface area (Å²) in [6.45, 7) is -0.112. The van der Waals surface area contributed by atoms with Crippen molar-refractivity contribution in [1.82, 2.24) is 14.5 Å². The van der Waals surface area contributed by atoms with Crippen molar-refractivity contribution >= 4 is 50.6 Å². The van der Waals surface area contributed by atoms with Gasteiger partial charge >= 0.3 is 6.03 Å². The first-order valence-electron chi connectivity index (χ1n) is 11.2. The van der Waals surface area contributed by atoms with Gasteiger partial charge in [0.2, 0.25) is 5.91 Å². The lowest BCUT2D eigenvalue weighted by molar-refractivity contribution is -0.126.